The molecule has 3 heterocycles. The molecule has 0 saturated carbocycles. The number of thiophene rings is 1. The van der Waals surface area contributed by atoms with Gasteiger partial charge in [-0.15, -0.1) is 11.3 Å². The van der Waals surface area contributed by atoms with Crippen molar-refractivity contribution in [1.29, 1.82) is 0 Å². The van der Waals surface area contributed by atoms with E-state index in [-0.39, 0.29) is 11.3 Å². The SMILES string of the molecule is CC(C)(C)c1ccc(C(=O)Nc2cc(-c3cc4ccccc4s3)n3nccc3n2)cc1. The quantitative estimate of drug-likeness (QED) is 0.376. The lowest BCUT2D eigenvalue weighted by molar-refractivity contribution is 0.102. The second kappa shape index (κ2) is 7.32. The number of hydrogen-bond acceptors (Lipinski definition) is 4. The maximum absolute atomic E-state index is 12.9. The van der Waals surface area contributed by atoms with Crippen molar-refractivity contribution < 1.29 is 4.79 Å². The van der Waals surface area contributed by atoms with Gasteiger partial charge < -0.3 is 5.32 Å². The van der Waals surface area contributed by atoms with Crippen molar-refractivity contribution in [3.63, 3.8) is 0 Å². The van der Waals surface area contributed by atoms with Gasteiger partial charge in [0.1, 0.15) is 5.82 Å². The summed E-state index contributed by atoms with van der Waals surface area (Å²) in [5, 5.41) is 8.56. The Morgan fingerprint density at radius 2 is 1.77 bits per heavy atom. The topological polar surface area (TPSA) is 59.3 Å². The Morgan fingerprint density at radius 1 is 1.00 bits per heavy atom. The van der Waals surface area contributed by atoms with E-state index in [9.17, 15) is 4.79 Å². The first-order valence-electron chi connectivity index (χ1n) is 10.1. The highest BCUT2D eigenvalue weighted by Gasteiger charge is 2.16. The first-order valence-corrected chi connectivity index (χ1v) is 11.0. The molecule has 5 rings (SSSR count). The van der Waals surface area contributed by atoms with Crippen molar-refractivity contribution in [2.24, 2.45) is 0 Å². The summed E-state index contributed by atoms with van der Waals surface area (Å²) in [6.45, 7) is 6.47. The van der Waals surface area contributed by atoms with E-state index in [1.165, 1.54) is 15.6 Å². The Balaban J connectivity index is 1.50. The minimum atomic E-state index is -0.181. The lowest BCUT2D eigenvalue weighted by Crippen LogP contribution is -2.15. The molecule has 0 spiro atoms. The van der Waals surface area contributed by atoms with Gasteiger partial charge in [-0.3, -0.25) is 4.79 Å². The molecule has 31 heavy (non-hydrogen) atoms. The standard InChI is InChI=1S/C25H22N4OS/c1-25(2,3)18-10-8-16(9-11-18)24(30)28-22-15-19(29-23(27-22)12-13-26-29)21-14-17-6-4-5-7-20(17)31-21/h4-15H,1-3H3,(H,27,28,30). The molecule has 154 valence electrons. The highest BCUT2D eigenvalue weighted by molar-refractivity contribution is 7.22. The van der Waals surface area contributed by atoms with E-state index in [0.29, 0.717) is 17.0 Å². The zero-order valence-electron chi connectivity index (χ0n) is 17.6. The summed E-state index contributed by atoms with van der Waals surface area (Å²) in [5.41, 5.74) is 3.42. The maximum atomic E-state index is 12.9. The molecule has 0 unspecified atom stereocenters. The van der Waals surface area contributed by atoms with E-state index in [0.717, 1.165) is 10.6 Å². The second-order valence-corrected chi connectivity index (χ2v) is 9.64. The monoisotopic (exact) mass is 426 g/mol. The average molecular weight is 427 g/mol. The Hall–Kier alpha value is -3.51. The third kappa shape index (κ3) is 3.70. The number of carbonyl (C=O) groups is 1. The number of amides is 1. The first-order chi connectivity index (χ1) is 14.9. The van der Waals surface area contributed by atoms with Crippen LogP contribution in [-0.2, 0) is 5.41 Å². The number of carbonyl (C=O) groups excluding carboxylic acids is 1. The van der Waals surface area contributed by atoms with E-state index in [1.807, 2.05) is 48.5 Å². The minimum absolute atomic E-state index is 0.0444. The van der Waals surface area contributed by atoms with Crippen LogP contribution >= 0.6 is 11.3 Å². The Labute approximate surface area is 184 Å². The van der Waals surface area contributed by atoms with E-state index < -0.39 is 0 Å². The summed E-state index contributed by atoms with van der Waals surface area (Å²) in [4.78, 5) is 18.5. The van der Waals surface area contributed by atoms with Crippen LogP contribution in [0.1, 0.15) is 36.7 Å². The molecule has 0 fully saturated rings. The zero-order valence-corrected chi connectivity index (χ0v) is 18.4. The van der Waals surface area contributed by atoms with Crippen LogP contribution in [0, 0.1) is 0 Å². The molecule has 3 aromatic heterocycles. The molecule has 0 saturated heterocycles. The van der Waals surface area contributed by atoms with Crippen LogP contribution in [0.4, 0.5) is 5.82 Å². The van der Waals surface area contributed by atoms with Crippen LogP contribution in [0.2, 0.25) is 0 Å². The molecule has 0 aliphatic heterocycles. The summed E-state index contributed by atoms with van der Waals surface area (Å²) in [7, 11) is 0. The number of benzene rings is 2. The third-order valence-corrected chi connectivity index (χ3v) is 6.43. The highest BCUT2D eigenvalue weighted by Crippen LogP contribution is 2.34. The van der Waals surface area contributed by atoms with Gasteiger partial charge in [0.25, 0.3) is 5.91 Å². The van der Waals surface area contributed by atoms with Crippen molar-refractivity contribution in [2.75, 3.05) is 5.32 Å². The Morgan fingerprint density at radius 3 is 2.52 bits per heavy atom. The molecule has 0 aliphatic carbocycles. The van der Waals surface area contributed by atoms with Gasteiger partial charge in [0.15, 0.2) is 5.65 Å². The fourth-order valence-electron chi connectivity index (χ4n) is 3.57. The largest absolute Gasteiger partial charge is 0.306 e. The van der Waals surface area contributed by atoms with Gasteiger partial charge in [0, 0.05) is 22.4 Å². The molecular formula is C25H22N4OS. The van der Waals surface area contributed by atoms with E-state index in [1.54, 1.807) is 22.0 Å². The summed E-state index contributed by atoms with van der Waals surface area (Å²) in [5.74, 6) is 0.324. The smallest absolute Gasteiger partial charge is 0.256 e. The summed E-state index contributed by atoms with van der Waals surface area (Å²) < 4.78 is 3.01. The number of rotatable bonds is 3. The van der Waals surface area contributed by atoms with Gasteiger partial charge in [-0.25, -0.2) is 9.50 Å². The van der Waals surface area contributed by atoms with E-state index in [2.05, 4.69) is 54.4 Å². The van der Waals surface area contributed by atoms with Gasteiger partial charge in [-0.1, -0.05) is 51.1 Å². The first kappa shape index (κ1) is 19.5. The fraction of sp³-hybridized carbons (Fsp3) is 0.160. The predicted molar refractivity (Wildman–Crippen MR) is 127 cm³/mol. The molecule has 5 nitrogen and oxygen atoms in total. The zero-order chi connectivity index (χ0) is 21.6. The minimum Gasteiger partial charge on any atom is -0.306 e. The normalized spacial score (nSPS) is 11.8. The number of hydrogen-bond donors (Lipinski definition) is 1. The molecular weight excluding hydrogens is 404 g/mol. The lowest BCUT2D eigenvalue weighted by atomic mass is 9.87. The van der Waals surface area contributed by atoms with Crippen LogP contribution in [0.25, 0.3) is 26.3 Å². The molecule has 5 aromatic rings. The number of nitrogens with zero attached hydrogens (tertiary/aromatic N) is 3. The molecule has 0 atom stereocenters. The third-order valence-electron chi connectivity index (χ3n) is 5.29. The number of anilines is 1. The lowest BCUT2D eigenvalue weighted by Gasteiger charge is -2.19. The van der Waals surface area contributed by atoms with Gasteiger partial charge in [-0.2, -0.15) is 5.10 Å². The average Bonchev–Trinajstić information content (AvgIpc) is 3.39. The Kier molecular flexibility index (Phi) is 4.59. The van der Waals surface area contributed by atoms with Crippen molar-refractivity contribution >= 4 is 38.8 Å². The molecule has 0 radical (unpaired) electrons. The summed E-state index contributed by atoms with van der Waals surface area (Å²) in [6, 6.07) is 21.9. The fourth-order valence-corrected chi connectivity index (χ4v) is 4.63. The molecule has 2 aromatic carbocycles. The van der Waals surface area contributed by atoms with Crippen LogP contribution in [0.15, 0.2) is 72.9 Å². The number of fused-ring (bicyclic) bond motifs is 2. The number of aromatic nitrogens is 3. The van der Waals surface area contributed by atoms with Crippen LogP contribution in [-0.4, -0.2) is 20.5 Å². The van der Waals surface area contributed by atoms with Crippen LogP contribution in [0.5, 0.6) is 0 Å². The van der Waals surface area contributed by atoms with Crippen molar-refractivity contribution in [3.05, 3.63) is 84.1 Å². The number of nitrogens with one attached hydrogen (secondary N) is 1. The Bertz CT molecular complexity index is 1370. The van der Waals surface area contributed by atoms with E-state index in [4.69, 9.17) is 0 Å². The highest BCUT2D eigenvalue weighted by atomic mass is 32.1. The van der Waals surface area contributed by atoms with Crippen LogP contribution < -0.4 is 5.32 Å². The van der Waals surface area contributed by atoms with Gasteiger partial charge >= 0.3 is 0 Å². The molecule has 1 N–H and O–H groups in total. The summed E-state index contributed by atoms with van der Waals surface area (Å²) in [6.07, 6.45) is 1.72. The molecule has 0 bridgehead atoms. The van der Waals surface area contributed by atoms with Crippen LogP contribution in [0.3, 0.4) is 0 Å². The summed E-state index contributed by atoms with van der Waals surface area (Å²) >= 11 is 1.70. The molecule has 6 heteroatoms. The van der Waals surface area contributed by atoms with Gasteiger partial charge in [-0.05, 0) is 40.6 Å². The van der Waals surface area contributed by atoms with Gasteiger partial charge in [0.05, 0.1) is 16.8 Å². The second-order valence-electron chi connectivity index (χ2n) is 8.56. The maximum Gasteiger partial charge on any atom is 0.256 e. The van der Waals surface area contributed by atoms with Crippen molar-refractivity contribution in [1.82, 2.24) is 14.6 Å². The van der Waals surface area contributed by atoms with E-state index >= 15 is 0 Å². The van der Waals surface area contributed by atoms with Gasteiger partial charge in [0.2, 0.25) is 0 Å². The molecule has 1 amide bonds. The molecule has 0 aliphatic rings. The van der Waals surface area contributed by atoms with Crippen molar-refractivity contribution in [2.45, 2.75) is 26.2 Å². The predicted octanol–water partition coefficient (Wildman–Crippen LogP) is 6.16. The van der Waals surface area contributed by atoms with Crippen molar-refractivity contribution in [3.8, 4) is 10.6 Å².